The summed E-state index contributed by atoms with van der Waals surface area (Å²) in [6.07, 6.45) is -4.62. The number of fused-ring (bicyclic) bond motifs is 1. The van der Waals surface area contributed by atoms with E-state index in [1.54, 1.807) is 20.8 Å². The van der Waals surface area contributed by atoms with Crippen LogP contribution >= 0.6 is 11.8 Å². The smallest absolute Gasteiger partial charge is 0.348 e. The van der Waals surface area contributed by atoms with Crippen molar-refractivity contribution in [3.8, 4) is 6.07 Å². The van der Waals surface area contributed by atoms with Crippen LogP contribution in [0.2, 0.25) is 0 Å². The van der Waals surface area contributed by atoms with E-state index in [0.717, 1.165) is 16.6 Å². The fraction of sp³-hybridized carbons (Fsp3) is 0.278. The van der Waals surface area contributed by atoms with E-state index in [0.29, 0.717) is 5.03 Å². The lowest BCUT2D eigenvalue weighted by molar-refractivity contribution is -0.141. The molecule has 8 heteroatoms. The molecule has 0 atom stereocenters. The molecule has 4 nitrogen and oxygen atoms in total. The van der Waals surface area contributed by atoms with Crippen molar-refractivity contribution in [3.63, 3.8) is 0 Å². The van der Waals surface area contributed by atoms with Gasteiger partial charge >= 0.3 is 6.18 Å². The first-order valence-electron chi connectivity index (χ1n) is 7.75. The van der Waals surface area contributed by atoms with Gasteiger partial charge in [-0.3, -0.25) is 0 Å². The van der Waals surface area contributed by atoms with Gasteiger partial charge in [-0.2, -0.15) is 18.4 Å². The molecule has 26 heavy (non-hydrogen) atoms. The number of nitriles is 1. The van der Waals surface area contributed by atoms with Crippen molar-refractivity contribution in [1.29, 1.82) is 5.26 Å². The third kappa shape index (κ3) is 3.53. The van der Waals surface area contributed by atoms with Crippen molar-refractivity contribution in [2.45, 2.75) is 37.3 Å². The van der Waals surface area contributed by atoms with E-state index in [1.807, 2.05) is 30.3 Å². The minimum absolute atomic E-state index is 0.0113. The first-order valence-corrected chi connectivity index (χ1v) is 8.56. The van der Waals surface area contributed by atoms with Gasteiger partial charge in [0.15, 0.2) is 5.82 Å². The Morgan fingerprint density at radius 3 is 2.35 bits per heavy atom. The van der Waals surface area contributed by atoms with Crippen molar-refractivity contribution >= 4 is 23.0 Å². The van der Waals surface area contributed by atoms with Crippen LogP contribution in [0.5, 0.6) is 0 Å². The van der Waals surface area contributed by atoms with Crippen LogP contribution in [0.25, 0.3) is 5.57 Å². The topological polar surface area (TPSA) is 61.6 Å². The Morgan fingerprint density at radius 1 is 1.12 bits per heavy atom. The summed E-state index contributed by atoms with van der Waals surface area (Å²) < 4.78 is 39.9. The van der Waals surface area contributed by atoms with Crippen molar-refractivity contribution < 1.29 is 13.2 Å². The number of benzene rings is 1. The molecule has 0 saturated carbocycles. The average molecular weight is 376 g/mol. The Kier molecular flexibility index (Phi) is 4.44. The molecule has 2 heterocycles. The Bertz CT molecular complexity index is 877. The second-order valence-corrected chi connectivity index (χ2v) is 7.80. The van der Waals surface area contributed by atoms with Gasteiger partial charge in [0, 0.05) is 10.3 Å². The molecular weight excluding hydrogens is 361 g/mol. The highest BCUT2D eigenvalue weighted by molar-refractivity contribution is 8.04. The van der Waals surface area contributed by atoms with Crippen LogP contribution in [0.15, 0.2) is 40.3 Å². The Labute approximate surface area is 153 Å². The van der Waals surface area contributed by atoms with Crippen LogP contribution in [0, 0.1) is 11.3 Å². The van der Waals surface area contributed by atoms with E-state index in [1.165, 1.54) is 11.8 Å². The van der Waals surface area contributed by atoms with E-state index >= 15 is 0 Å². The molecule has 0 unspecified atom stereocenters. The Morgan fingerprint density at radius 2 is 1.77 bits per heavy atom. The summed E-state index contributed by atoms with van der Waals surface area (Å²) in [7, 11) is 0. The Balaban J connectivity index is 2.16. The van der Waals surface area contributed by atoms with E-state index in [4.69, 9.17) is 0 Å². The van der Waals surface area contributed by atoms with Crippen LogP contribution < -0.4 is 5.32 Å². The molecule has 1 N–H and O–H groups in total. The molecule has 3 rings (SSSR count). The number of aromatic nitrogens is 2. The standard InChI is InChI=1S/C18H15F3N4S/c1-17(2,3)13-8-14(18(19,20)21)25-15(24-13)10(9-22)16-23-11-6-4-5-7-12(11)26-16/h4-8,23H,1-3H3/b16-10-. The number of alkyl halides is 3. The number of anilines is 1. The van der Waals surface area contributed by atoms with Crippen LogP contribution in [-0.4, -0.2) is 9.97 Å². The van der Waals surface area contributed by atoms with E-state index < -0.39 is 17.3 Å². The third-order valence-corrected chi connectivity index (χ3v) is 4.78. The summed E-state index contributed by atoms with van der Waals surface area (Å²) in [5.41, 5.74) is -0.668. The van der Waals surface area contributed by atoms with Crippen molar-refractivity contribution in [3.05, 3.63) is 52.6 Å². The normalized spacial score (nSPS) is 15.9. The summed E-state index contributed by atoms with van der Waals surface area (Å²) in [6, 6.07) is 10.3. The summed E-state index contributed by atoms with van der Waals surface area (Å²) in [5.74, 6) is -0.227. The molecular formula is C18H15F3N4S. The first-order chi connectivity index (χ1) is 12.1. The summed E-state index contributed by atoms with van der Waals surface area (Å²) in [6.45, 7) is 5.28. The van der Waals surface area contributed by atoms with Gasteiger partial charge in [0.2, 0.25) is 0 Å². The lowest BCUT2D eigenvalue weighted by Gasteiger charge is -2.20. The van der Waals surface area contributed by atoms with Gasteiger partial charge in [-0.25, -0.2) is 9.97 Å². The third-order valence-electron chi connectivity index (χ3n) is 3.69. The lowest BCUT2D eigenvalue weighted by atomic mass is 9.91. The summed E-state index contributed by atoms with van der Waals surface area (Å²) in [4.78, 5) is 8.77. The fourth-order valence-corrected chi connectivity index (χ4v) is 3.32. The second-order valence-electron chi connectivity index (χ2n) is 6.75. The molecule has 1 aromatic heterocycles. The van der Waals surface area contributed by atoms with Gasteiger partial charge in [0.1, 0.15) is 17.3 Å². The maximum atomic E-state index is 13.3. The molecule has 134 valence electrons. The molecule has 0 fully saturated rings. The summed E-state index contributed by atoms with van der Waals surface area (Å²) in [5, 5.41) is 13.1. The highest BCUT2D eigenvalue weighted by Crippen LogP contribution is 2.43. The maximum absolute atomic E-state index is 13.3. The number of nitrogens with one attached hydrogen (secondary N) is 1. The molecule has 1 aliphatic heterocycles. The SMILES string of the molecule is CC(C)(C)c1cc(C(F)(F)F)nc(/C(C#N)=C2/Nc3ccccc3S2)n1. The van der Waals surface area contributed by atoms with Gasteiger partial charge in [0.25, 0.3) is 0 Å². The van der Waals surface area contributed by atoms with Gasteiger partial charge in [0.05, 0.1) is 16.4 Å². The van der Waals surface area contributed by atoms with Crippen LogP contribution in [0.1, 0.15) is 38.0 Å². The number of nitrogens with zero attached hydrogens (tertiary/aromatic N) is 3. The minimum Gasteiger partial charge on any atom is -0.348 e. The van der Waals surface area contributed by atoms with Gasteiger partial charge in [-0.05, 0) is 18.2 Å². The number of hydrogen-bond acceptors (Lipinski definition) is 5. The van der Waals surface area contributed by atoms with Gasteiger partial charge in [-0.15, -0.1) is 0 Å². The zero-order valence-electron chi connectivity index (χ0n) is 14.3. The van der Waals surface area contributed by atoms with Gasteiger partial charge in [-0.1, -0.05) is 44.7 Å². The Hall–Kier alpha value is -2.53. The molecule has 0 spiro atoms. The number of para-hydroxylation sites is 1. The first kappa shape index (κ1) is 18.3. The van der Waals surface area contributed by atoms with Crippen LogP contribution in [0.3, 0.4) is 0 Å². The predicted octanol–water partition coefficient (Wildman–Crippen LogP) is 5.20. The van der Waals surface area contributed by atoms with Crippen molar-refractivity contribution in [2.75, 3.05) is 5.32 Å². The van der Waals surface area contributed by atoms with Crippen LogP contribution in [-0.2, 0) is 11.6 Å². The van der Waals surface area contributed by atoms with Gasteiger partial charge < -0.3 is 5.32 Å². The molecule has 0 amide bonds. The number of rotatable bonds is 1. The largest absolute Gasteiger partial charge is 0.433 e. The minimum atomic E-state index is -4.62. The molecule has 0 radical (unpaired) electrons. The molecule has 0 saturated heterocycles. The highest BCUT2D eigenvalue weighted by atomic mass is 32.2. The predicted molar refractivity (Wildman–Crippen MR) is 94.2 cm³/mol. The summed E-state index contributed by atoms with van der Waals surface area (Å²) >= 11 is 1.28. The van der Waals surface area contributed by atoms with E-state index in [2.05, 4.69) is 15.3 Å². The molecule has 2 aromatic rings. The molecule has 1 aliphatic rings. The van der Waals surface area contributed by atoms with Crippen molar-refractivity contribution in [1.82, 2.24) is 9.97 Å². The van der Waals surface area contributed by atoms with Crippen molar-refractivity contribution in [2.24, 2.45) is 0 Å². The van der Waals surface area contributed by atoms with E-state index in [-0.39, 0.29) is 17.1 Å². The average Bonchev–Trinajstić information content (AvgIpc) is 2.97. The molecule has 0 aliphatic carbocycles. The number of hydrogen-bond donors (Lipinski definition) is 1. The molecule has 1 aromatic carbocycles. The number of halogens is 3. The molecule has 0 bridgehead atoms. The zero-order valence-corrected chi connectivity index (χ0v) is 15.1. The van der Waals surface area contributed by atoms with E-state index in [9.17, 15) is 18.4 Å². The number of allylic oxidation sites excluding steroid dienone is 1. The second kappa shape index (κ2) is 6.32. The van der Waals surface area contributed by atoms with Crippen LogP contribution in [0.4, 0.5) is 18.9 Å². The number of thioether (sulfide) groups is 1. The highest BCUT2D eigenvalue weighted by Gasteiger charge is 2.35. The lowest BCUT2D eigenvalue weighted by Crippen LogP contribution is -2.19. The monoisotopic (exact) mass is 376 g/mol. The zero-order chi connectivity index (χ0) is 19.1. The maximum Gasteiger partial charge on any atom is 0.433 e. The fourth-order valence-electron chi connectivity index (χ4n) is 2.32. The quantitative estimate of drug-likeness (QED) is 0.693.